The summed E-state index contributed by atoms with van der Waals surface area (Å²) in [6.07, 6.45) is 0. The Morgan fingerprint density at radius 2 is 1.76 bits per heavy atom. The van der Waals surface area contributed by atoms with Gasteiger partial charge in [-0.1, -0.05) is 51.1 Å². The average Bonchev–Trinajstić information content (AvgIpc) is 2.31. The van der Waals surface area contributed by atoms with Crippen LogP contribution in [0.15, 0.2) is 30.3 Å². The molecule has 1 rings (SSSR count). The van der Waals surface area contributed by atoms with E-state index < -0.39 is 0 Å². The molecular weight excluding hydrogens is 230 g/mol. The van der Waals surface area contributed by atoms with Crippen molar-refractivity contribution in [2.75, 3.05) is 19.4 Å². The van der Waals surface area contributed by atoms with Crippen molar-refractivity contribution in [3.8, 4) is 0 Å². The molecule has 2 nitrogen and oxygen atoms in total. The van der Waals surface area contributed by atoms with Crippen molar-refractivity contribution in [3.63, 3.8) is 0 Å². The second-order valence-electron chi connectivity index (χ2n) is 5.26. The highest BCUT2D eigenvalue weighted by atomic mass is 32.2. The predicted octanol–water partition coefficient (Wildman–Crippen LogP) is 2.63. The zero-order valence-electron chi connectivity index (χ0n) is 11.2. The van der Waals surface area contributed by atoms with Gasteiger partial charge in [-0.3, -0.25) is 0 Å². The Kier molecular flexibility index (Phi) is 5.04. The van der Waals surface area contributed by atoms with Crippen molar-refractivity contribution in [1.82, 2.24) is 5.32 Å². The fourth-order valence-electron chi connectivity index (χ4n) is 1.61. The number of hydrogen-bond acceptors (Lipinski definition) is 3. The zero-order chi connectivity index (χ0) is 12.9. The molecule has 0 radical (unpaired) electrons. The lowest BCUT2D eigenvalue weighted by Crippen LogP contribution is -2.46. The zero-order valence-corrected chi connectivity index (χ0v) is 12.0. The Hall–Kier alpha value is -0.510. The molecule has 96 valence electrons. The number of rotatable bonds is 5. The number of thioether (sulfide) groups is 1. The van der Waals surface area contributed by atoms with E-state index in [1.165, 1.54) is 0 Å². The molecule has 2 N–H and O–H groups in total. The molecule has 1 aromatic carbocycles. The number of aliphatic hydroxyl groups excluding tert-OH is 1. The lowest BCUT2D eigenvalue weighted by molar-refractivity contribution is 0.187. The summed E-state index contributed by atoms with van der Waals surface area (Å²) in [5.74, 6) is 0.855. The summed E-state index contributed by atoms with van der Waals surface area (Å²) in [6.45, 7) is 6.69. The van der Waals surface area contributed by atoms with Crippen molar-refractivity contribution in [2.24, 2.45) is 0 Å². The number of nitrogens with one attached hydrogen (secondary N) is 1. The molecule has 0 saturated carbocycles. The predicted molar refractivity (Wildman–Crippen MR) is 76.5 cm³/mol. The van der Waals surface area contributed by atoms with Crippen molar-refractivity contribution in [1.29, 1.82) is 0 Å². The van der Waals surface area contributed by atoms with Gasteiger partial charge in [-0.25, -0.2) is 0 Å². The van der Waals surface area contributed by atoms with E-state index in [1.54, 1.807) is 0 Å². The minimum atomic E-state index is -0.348. The summed E-state index contributed by atoms with van der Waals surface area (Å²) in [7, 11) is 1.91. The molecule has 17 heavy (non-hydrogen) atoms. The number of likely N-dealkylation sites (N-methyl/N-ethyl adjacent to an activating group) is 1. The van der Waals surface area contributed by atoms with E-state index in [1.807, 2.05) is 37.0 Å². The summed E-state index contributed by atoms with van der Waals surface area (Å²) >= 11 is 1.86. The van der Waals surface area contributed by atoms with Gasteiger partial charge >= 0.3 is 0 Å². The van der Waals surface area contributed by atoms with E-state index in [-0.39, 0.29) is 16.9 Å². The lowest BCUT2D eigenvalue weighted by Gasteiger charge is -2.34. The second kappa shape index (κ2) is 5.89. The lowest BCUT2D eigenvalue weighted by atomic mass is 9.93. The molecule has 0 aliphatic heterocycles. The van der Waals surface area contributed by atoms with Crippen molar-refractivity contribution < 1.29 is 5.11 Å². The first-order valence-corrected chi connectivity index (χ1v) is 6.91. The average molecular weight is 253 g/mol. The molecule has 0 bridgehead atoms. The van der Waals surface area contributed by atoms with Crippen LogP contribution >= 0.6 is 11.8 Å². The minimum absolute atomic E-state index is 0.108. The first kappa shape index (κ1) is 14.6. The fraction of sp³-hybridized carbons (Fsp3) is 0.571. The van der Waals surface area contributed by atoms with Gasteiger partial charge in [0.2, 0.25) is 0 Å². The number of benzene rings is 1. The van der Waals surface area contributed by atoms with Crippen molar-refractivity contribution in [3.05, 3.63) is 35.9 Å². The molecule has 1 unspecified atom stereocenters. The van der Waals surface area contributed by atoms with Crippen LogP contribution in [0, 0.1) is 0 Å². The third kappa shape index (κ3) is 4.02. The first-order valence-electron chi connectivity index (χ1n) is 5.93. The van der Waals surface area contributed by atoms with Crippen LogP contribution in [-0.2, 0) is 5.54 Å². The summed E-state index contributed by atoms with van der Waals surface area (Å²) in [6, 6.07) is 10.2. The van der Waals surface area contributed by atoms with E-state index in [0.29, 0.717) is 0 Å². The van der Waals surface area contributed by atoms with Gasteiger partial charge in [-0.15, -0.1) is 0 Å². The fourth-order valence-corrected chi connectivity index (χ4v) is 2.69. The largest absolute Gasteiger partial charge is 0.394 e. The maximum absolute atomic E-state index is 9.75. The van der Waals surface area contributed by atoms with Gasteiger partial charge in [-0.05, 0) is 12.6 Å². The van der Waals surface area contributed by atoms with Gasteiger partial charge in [0, 0.05) is 10.5 Å². The van der Waals surface area contributed by atoms with Crippen LogP contribution in [0.4, 0.5) is 0 Å². The van der Waals surface area contributed by atoms with Gasteiger partial charge in [0.1, 0.15) is 0 Å². The Morgan fingerprint density at radius 1 is 1.18 bits per heavy atom. The van der Waals surface area contributed by atoms with Crippen LogP contribution in [0.2, 0.25) is 0 Å². The van der Waals surface area contributed by atoms with Crippen LogP contribution in [0.25, 0.3) is 0 Å². The summed E-state index contributed by atoms with van der Waals surface area (Å²) < 4.78 is 0.200. The molecule has 0 aliphatic rings. The first-order chi connectivity index (χ1) is 7.93. The molecule has 0 heterocycles. The third-order valence-corrected chi connectivity index (χ3v) is 4.33. The maximum atomic E-state index is 9.75. The van der Waals surface area contributed by atoms with Gasteiger partial charge in [-0.2, -0.15) is 11.8 Å². The number of hydrogen-bond donors (Lipinski definition) is 2. The van der Waals surface area contributed by atoms with E-state index in [0.717, 1.165) is 11.3 Å². The molecule has 0 saturated heterocycles. The van der Waals surface area contributed by atoms with Crippen LogP contribution in [0.5, 0.6) is 0 Å². The van der Waals surface area contributed by atoms with Crippen LogP contribution < -0.4 is 5.32 Å². The summed E-state index contributed by atoms with van der Waals surface area (Å²) in [5.41, 5.74) is 0.793. The topological polar surface area (TPSA) is 32.3 Å². The molecule has 0 spiro atoms. The molecular formula is C14H23NOS. The molecule has 0 fully saturated rings. The van der Waals surface area contributed by atoms with E-state index in [2.05, 4.69) is 38.2 Å². The SMILES string of the molecule is CNC(CO)(CSC(C)(C)C)c1ccccc1. The highest BCUT2D eigenvalue weighted by Crippen LogP contribution is 2.31. The number of aliphatic hydroxyl groups is 1. The van der Waals surface area contributed by atoms with Crippen LogP contribution in [0.1, 0.15) is 26.3 Å². The minimum Gasteiger partial charge on any atom is -0.394 e. The van der Waals surface area contributed by atoms with E-state index in [9.17, 15) is 5.11 Å². The maximum Gasteiger partial charge on any atom is 0.0758 e. The standard InChI is InChI=1S/C14H23NOS/c1-13(2,3)17-11-14(10-16,15-4)12-8-6-5-7-9-12/h5-9,15-16H,10-11H2,1-4H3. The normalized spacial score (nSPS) is 15.6. The Morgan fingerprint density at radius 3 is 2.18 bits per heavy atom. The second-order valence-corrected chi connectivity index (χ2v) is 7.06. The smallest absolute Gasteiger partial charge is 0.0758 e. The van der Waals surface area contributed by atoms with Gasteiger partial charge in [0.25, 0.3) is 0 Å². The summed E-state index contributed by atoms with van der Waals surface area (Å²) in [5, 5.41) is 13.0. The van der Waals surface area contributed by atoms with Gasteiger partial charge in [0.05, 0.1) is 12.1 Å². The van der Waals surface area contributed by atoms with Gasteiger partial charge in [0.15, 0.2) is 0 Å². The van der Waals surface area contributed by atoms with Crippen molar-refractivity contribution >= 4 is 11.8 Å². The third-order valence-electron chi connectivity index (χ3n) is 2.83. The summed E-state index contributed by atoms with van der Waals surface area (Å²) in [4.78, 5) is 0. The molecule has 3 heteroatoms. The highest BCUT2D eigenvalue weighted by Gasteiger charge is 2.31. The van der Waals surface area contributed by atoms with Crippen molar-refractivity contribution in [2.45, 2.75) is 31.1 Å². The highest BCUT2D eigenvalue weighted by molar-refractivity contribution is 8.00. The Labute approximate surface area is 109 Å². The van der Waals surface area contributed by atoms with Crippen LogP contribution in [-0.4, -0.2) is 29.3 Å². The quantitative estimate of drug-likeness (QED) is 0.846. The Bertz CT molecular complexity index is 328. The molecule has 0 amide bonds. The van der Waals surface area contributed by atoms with Gasteiger partial charge < -0.3 is 10.4 Å². The van der Waals surface area contributed by atoms with Crippen LogP contribution in [0.3, 0.4) is 0 Å². The molecule has 0 aliphatic carbocycles. The van der Waals surface area contributed by atoms with E-state index in [4.69, 9.17) is 0 Å². The monoisotopic (exact) mass is 253 g/mol. The Balaban J connectivity index is 2.90. The molecule has 0 aromatic heterocycles. The molecule has 1 aromatic rings. The molecule has 1 atom stereocenters. The van der Waals surface area contributed by atoms with E-state index >= 15 is 0 Å².